The molecule has 34 heavy (non-hydrogen) atoms. The van der Waals surface area contributed by atoms with E-state index in [0.29, 0.717) is 41.9 Å². The van der Waals surface area contributed by atoms with Crippen molar-refractivity contribution in [2.24, 2.45) is 0 Å². The number of aromatic hydroxyl groups is 2. The largest absolute Gasteiger partial charge is 0.508 e. The molecule has 180 valence electrons. The molecule has 3 aromatic rings. The standard InChI is InChI=1S/C29H34O5/c1-17(2)7-6-12-29(5)27(31)16-23-26(34-29)15-22(21(28(23)32)11-8-18(3)4)25-13-19-9-10-20(30)14-24(19)33-25/h7-10,13-15,27,30-32H,6,11-12,16H2,1-5H3/t27-,29+/m0/s1. The van der Waals surface area contributed by atoms with Crippen LogP contribution in [0.1, 0.15) is 58.6 Å². The smallest absolute Gasteiger partial charge is 0.138 e. The van der Waals surface area contributed by atoms with Crippen LogP contribution in [-0.4, -0.2) is 27.0 Å². The number of rotatable bonds is 6. The van der Waals surface area contributed by atoms with Crippen LogP contribution in [0.3, 0.4) is 0 Å². The van der Waals surface area contributed by atoms with Crippen molar-refractivity contribution in [3.8, 4) is 28.6 Å². The van der Waals surface area contributed by atoms with Gasteiger partial charge in [0.2, 0.25) is 0 Å². The van der Waals surface area contributed by atoms with Crippen molar-refractivity contribution in [2.75, 3.05) is 0 Å². The monoisotopic (exact) mass is 462 g/mol. The third-order valence-electron chi connectivity index (χ3n) is 6.59. The number of hydrogen-bond donors (Lipinski definition) is 3. The Hall–Kier alpha value is -3.18. The summed E-state index contributed by atoms with van der Waals surface area (Å²) >= 11 is 0. The van der Waals surface area contributed by atoms with E-state index in [1.807, 2.05) is 32.9 Å². The van der Waals surface area contributed by atoms with Crippen LogP contribution in [0.25, 0.3) is 22.3 Å². The highest BCUT2D eigenvalue weighted by Crippen LogP contribution is 2.46. The minimum atomic E-state index is -0.760. The average Bonchev–Trinajstić information content (AvgIpc) is 3.17. The predicted molar refractivity (Wildman–Crippen MR) is 136 cm³/mol. The van der Waals surface area contributed by atoms with Crippen LogP contribution in [-0.2, 0) is 12.8 Å². The first-order valence-electron chi connectivity index (χ1n) is 11.8. The van der Waals surface area contributed by atoms with Gasteiger partial charge in [-0.2, -0.15) is 0 Å². The number of allylic oxidation sites excluding steroid dienone is 4. The summed E-state index contributed by atoms with van der Waals surface area (Å²) in [6.45, 7) is 10.1. The highest BCUT2D eigenvalue weighted by atomic mass is 16.5. The third-order valence-corrected chi connectivity index (χ3v) is 6.59. The van der Waals surface area contributed by atoms with Gasteiger partial charge in [-0.15, -0.1) is 0 Å². The Kier molecular flexibility index (Phi) is 6.50. The molecule has 2 aromatic carbocycles. The third kappa shape index (κ3) is 4.71. The molecule has 2 atom stereocenters. The van der Waals surface area contributed by atoms with Crippen molar-refractivity contribution >= 4 is 11.0 Å². The van der Waals surface area contributed by atoms with Gasteiger partial charge in [-0.3, -0.25) is 0 Å². The molecule has 0 saturated heterocycles. The van der Waals surface area contributed by atoms with Gasteiger partial charge >= 0.3 is 0 Å². The lowest BCUT2D eigenvalue weighted by Crippen LogP contribution is -2.49. The van der Waals surface area contributed by atoms with Crippen molar-refractivity contribution < 1.29 is 24.5 Å². The van der Waals surface area contributed by atoms with Gasteiger partial charge in [-0.05, 0) is 78.1 Å². The normalized spacial score (nSPS) is 19.4. The first kappa shape index (κ1) is 24.0. The van der Waals surface area contributed by atoms with E-state index in [1.165, 1.54) is 5.57 Å². The first-order valence-corrected chi connectivity index (χ1v) is 11.8. The Morgan fingerprint density at radius 2 is 1.79 bits per heavy atom. The van der Waals surface area contributed by atoms with Gasteiger partial charge in [0.15, 0.2) is 0 Å². The van der Waals surface area contributed by atoms with Crippen LogP contribution in [0, 0.1) is 0 Å². The maximum absolute atomic E-state index is 11.3. The molecule has 5 nitrogen and oxygen atoms in total. The van der Waals surface area contributed by atoms with E-state index >= 15 is 0 Å². The Morgan fingerprint density at radius 1 is 1.06 bits per heavy atom. The highest BCUT2D eigenvalue weighted by molar-refractivity contribution is 5.85. The molecule has 0 radical (unpaired) electrons. The van der Waals surface area contributed by atoms with E-state index < -0.39 is 11.7 Å². The number of furan rings is 1. The Morgan fingerprint density at radius 3 is 2.50 bits per heavy atom. The summed E-state index contributed by atoms with van der Waals surface area (Å²) in [6, 6.07) is 8.84. The van der Waals surface area contributed by atoms with E-state index in [4.69, 9.17) is 9.15 Å². The van der Waals surface area contributed by atoms with Crippen LogP contribution in [0.4, 0.5) is 0 Å². The molecule has 0 aliphatic carbocycles. The lowest BCUT2D eigenvalue weighted by molar-refractivity contribution is -0.0592. The molecule has 3 N–H and O–H groups in total. The molecule has 4 rings (SSSR count). The number of ether oxygens (including phenoxy) is 1. The number of aliphatic hydroxyl groups excluding tert-OH is 1. The molecule has 2 heterocycles. The summed E-state index contributed by atoms with van der Waals surface area (Å²) < 4.78 is 12.5. The van der Waals surface area contributed by atoms with Crippen LogP contribution < -0.4 is 4.74 Å². The topological polar surface area (TPSA) is 83.1 Å². The maximum atomic E-state index is 11.3. The maximum Gasteiger partial charge on any atom is 0.138 e. The van der Waals surface area contributed by atoms with Crippen molar-refractivity contribution in [2.45, 2.75) is 72.0 Å². The molecule has 5 heteroatoms. The van der Waals surface area contributed by atoms with E-state index in [9.17, 15) is 15.3 Å². The number of hydrogen-bond acceptors (Lipinski definition) is 5. The molecule has 1 aliphatic rings. The number of phenols is 2. The molecule has 0 amide bonds. The second-order valence-electron chi connectivity index (χ2n) is 10.0. The summed E-state index contributed by atoms with van der Waals surface area (Å²) in [4.78, 5) is 0. The minimum absolute atomic E-state index is 0.135. The number of fused-ring (bicyclic) bond motifs is 2. The zero-order valence-electron chi connectivity index (χ0n) is 20.6. The quantitative estimate of drug-likeness (QED) is 0.350. The average molecular weight is 463 g/mol. The fourth-order valence-corrected chi connectivity index (χ4v) is 4.50. The molecule has 0 spiro atoms. The van der Waals surface area contributed by atoms with E-state index in [2.05, 4.69) is 26.0 Å². The van der Waals surface area contributed by atoms with Gasteiger partial charge in [0.25, 0.3) is 0 Å². The number of aliphatic hydroxyl groups is 1. The number of phenolic OH excluding ortho intramolecular Hbond substituents is 2. The first-order chi connectivity index (χ1) is 16.1. The minimum Gasteiger partial charge on any atom is -0.508 e. The fraction of sp³-hybridized carbons (Fsp3) is 0.379. The molecule has 1 aliphatic heterocycles. The Bertz CT molecular complexity index is 1270. The van der Waals surface area contributed by atoms with Gasteiger partial charge in [0, 0.05) is 34.6 Å². The molecule has 0 fully saturated rings. The summed E-state index contributed by atoms with van der Waals surface area (Å²) in [5.74, 6) is 1.44. The molecule has 0 saturated carbocycles. The summed E-state index contributed by atoms with van der Waals surface area (Å²) in [5, 5.41) is 33.0. The molecular formula is C29H34O5. The number of benzene rings is 2. The van der Waals surface area contributed by atoms with Crippen molar-refractivity contribution in [3.63, 3.8) is 0 Å². The van der Waals surface area contributed by atoms with Gasteiger partial charge < -0.3 is 24.5 Å². The van der Waals surface area contributed by atoms with Crippen molar-refractivity contribution in [1.29, 1.82) is 0 Å². The summed E-state index contributed by atoms with van der Waals surface area (Å²) in [6.07, 6.45) is 5.78. The SMILES string of the molecule is CC(C)=CCC[C@@]1(C)Oc2cc(-c3cc4ccc(O)cc4o3)c(CC=C(C)C)c(O)c2C[C@@H]1O. The van der Waals surface area contributed by atoms with Gasteiger partial charge in [0.05, 0.1) is 6.10 Å². The summed E-state index contributed by atoms with van der Waals surface area (Å²) in [7, 11) is 0. The van der Waals surface area contributed by atoms with E-state index in [1.54, 1.807) is 18.2 Å². The van der Waals surface area contributed by atoms with Gasteiger partial charge in [-0.1, -0.05) is 23.3 Å². The van der Waals surface area contributed by atoms with E-state index in [0.717, 1.165) is 28.5 Å². The van der Waals surface area contributed by atoms with Crippen LogP contribution in [0.2, 0.25) is 0 Å². The van der Waals surface area contributed by atoms with Crippen molar-refractivity contribution in [1.82, 2.24) is 0 Å². The second kappa shape index (κ2) is 9.22. The van der Waals surface area contributed by atoms with Crippen LogP contribution in [0.5, 0.6) is 17.2 Å². The summed E-state index contributed by atoms with van der Waals surface area (Å²) in [5.41, 5.74) is 4.28. The fourth-order valence-electron chi connectivity index (χ4n) is 4.50. The Labute approximate surface area is 201 Å². The molecule has 0 bridgehead atoms. The second-order valence-corrected chi connectivity index (χ2v) is 10.0. The Balaban J connectivity index is 1.82. The zero-order chi connectivity index (χ0) is 24.6. The predicted octanol–water partition coefficient (Wildman–Crippen LogP) is 6.82. The van der Waals surface area contributed by atoms with Crippen LogP contribution >= 0.6 is 0 Å². The molecule has 1 aromatic heterocycles. The zero-order valence-corrected chi connectivity index (χ0v) is 20.6. The highest BCUT2D eigenvalue weighted by Gasteiger charge is 2.41. The van der Waals surface area contributed by atoms with Gasteiger partial charge in [-0.25, -0.2) is 0 Å². The van der Waals surface area contributed by atoms with Crippen LogP contribution in [0.15, 0.2) is 58.0 Å². The van der Waals surface area contributed by atoms with Crippen molar-refractivity contribution in [3.05, 3.63) is 64.8 Å². The lowest BCUT2D eigenvalue weighted by atomic mass is 9.83. The molecular weight excluding hydrogens is 428 g/mol. The van der Waals surface area contributed by atoms with Gasteiger partial charge in [0.1, 0.15) is 34.2 Å². The van der Waals surface area contributed by atoms with E-state index in [-0.39, 0.29) is 11.5 Å². The molecule has 0 unspecified atom stereocenters. The lowest BCUT2D eigenvalue weighted by Gasteiger charge is -2.40.